The molecule has 0 atom stereocenters. The second-order valence-electron chi connectivity index (χ2n) is 5.33. The molecule has 0 bridgehead atoms. The predicted molar refractivity (Wildman–Crippen MR) is 83.2 cm³/mol. The van der Waals surface area contributed by atoms with Crippen LogP contribution in [-0.2, 0) is 22.5 Å². The normalized spacial score (nSPS) is 11.2. The molecule has 0 saturated carbocycles. The maximum Gasteiger partial charge on any atom is 0.311 e. The highest BCUT2D eigenvalue weighted by Crippen LogP contribution is 2.19. The number of esters is 1. The van der Waals surface area contributed by atoms with Gasteiger partial charge in [-0.05, 0) is 40.1 Å². The van der Waals surface area contributed by atoms with Crippen LogP contribution in [0.1, 0.15) is 19.0 Å². The van der Waals surface area contributed by atoms with E-state index in [0.717, 1.165) is 36.1 Å². The van der Waals surface area contributed by atoms with Crippen LogP contribution in [0.25, 0.3) is 10.9 Å². The van der Waals surface area contributed by atoms with Crippen LogP contribution in [0.2, 0.25) is 0 Å². The fourth-order valence-electron chi connectivity index (χ4n) is 2.38. The van der Waals surface area contributed by atoms with Gasteiger partial charge in [-0.25, -0.2) is 0 Å². The Morgan fingerprint density at radius 2 is 2.10 bits per heavy atom. The predicted octanol–water partition coefficient (Wildman–Crippen LogP) is 2.09. The van der Waals surface area contributed by atoms with Crippen molar-refractivity contribution in [2.45, 2.75) is 26.3 Å². The van der Waals surface area contributed by atoms with Gasteiger partial charge < -0.3 is 9.64 Å². The quantitative estimate of drug-likeness (QED) is 0.732. The van der Waals surface area contributed by atoms with Crippen molar-refractivity contribution in [3.05, 3.63) is 30.0 Å². The Labute approximate surface area is 125 Å². The highest BCUT2D eigenvalue weighted by Gasteiger charge is 2.14. The van der Waals surface area contributed by atoms with Crippen LogP contribution in [0.3, 0.4) is 0 Å². The van der Waals surface area contributed by atoms with Gasteiger partial charge in [0.05, 0.1) is 24.2 Å². The Morgan fingerprint density at radius 1 is 1.33 bits per heavy atom. The SMILES string of the molecule is CCOC(=O)Cc1nn(CCCN(C)C)c2ccccc12. The van der Waals surface area contributed by atoms with Crippen LogP contribution >= 0.6 is 0 Å². The van der Waals surface area contributed by atoms with E-state index in [4.69, 9.17) is 4.74 Å². The molecule has 0 fully saturated rings. The van der Waals surface area contributed by atoms with Crippen LogP contribution in [0, 0.1) is 0 Å². The lowest BCUT2D eigenvalue weighted by molar-refractivity contribution is -0.142. The fourth-order valence-corrected chi connectivity index (χ4v) is 2.38. The van der Waals surface area contributed by atoms with E-state index in [1.165, 1.54) is 0 Å². The first-order valence-electron chi connectivity index (χ1n) is 7.36. The summed E-state index contributed by atoms with van der Waals surface area (Å²) in [6.45, 7) is 4.08. The molecular weight excluding hydrogens is 266 g/mol. The molecule has 0 aliphatic carbocycles. The topological polar surface area (TPSA) is 47.4 Å². The molecule has 2 aromatic rings. The standard InChI is InChI=1S/C16H23N3O2/c1-4-21-16(20)12-14-13-8-5-6-9-15(13)19(17-14)11-7-10-18(2)3/h5-6,8-9H,4,7,10-12H2,1-3H3. The smallest absolute Gasteiger partial charge is 0.311 e. The van der Waals surface area contributed by atoms with Crippen LogP contribution < -0.4 is 0 Å². The van der Waals surface area contributed by atoms with Crippen molar-refractivity contribution in [2.24, 2.45) is 0 Å². The van der Waals surface area contributed by atoms with Gasteiger partial charge in [0, 0.05) is 11.9 Å². The second-order valence-corrected chi connectivity index (χ2v) is 5.33. The minimum Gasteiger partial charge on any atom is -0.466 e. The molecule has 1 aromatic carbocycles. The number of aryl methyl sites for hydroxylation is 1. The van der Waals surface area contributed by atoms with Gasteiger partial charge in [-0.3, -0.25) is 9.48 Å². The largest absolute Gasteiger partial charge is 0.466 e. The molecule has 0 N–H and O–H groups in total. The molecule has 21 heavy (non-hydrogen) atoms. The molecule has 114 valence electrons. The Kier molecular flexibility index (Phi) is 5.33. The Morgan fingerprint density at radius 3 is 2.81 bits per heavy atom. The van der Waals surface area contributed by atoms with Crippen molar-refractivity contribution in [2.75, 3.05) is 27.2 Å². The summed E-state index contributed by atoms with van der Waals surface area (Å²) in [4.78, 5) is 13.8. The third-order valence-corrected chi connectivity index (χ3v) is 3.33. The van der Waals surface area contributed by atoms with Gasteiger partial charge in [0.25, 0.3) is 0 Å². The molecule has 5 nitrogen and oxygen atoms in total. The third-order valence-electron chi connectivity index (χ3n) is 3.33. The van der Waals surface area contributed by atoms with Crippen molar-refractivity contribution < 1.29 is 9.53 Å². The molecule has 1 aromatic heterocycles. The number of nitrogens with zero attached hydrogens (tertiary/aromatic N) is 3. The summed E-state index contributed by atoms with van der Waals surface area (Å²) in [6, 6.07) is 8.04. The summed E-state index contributed by atoms with van der Waals surface area (Å²) >= 11 is 0. The average Bonchev–Trinajstić information content (AvgIpc) is 2.77. The highest BCUT2D eigenvalue weighted by molar-refractivity contribution is 5.86. The number of carbonyl (C=O) groups is 1. The average molecular weight is 289 g/mol. The minimum atomic E-state index is -0.221. The maximum atomic E-state index is 11.7. The zero-order valence-corrected chi connectivity index (χ0v) is 13.0. The van der Waals surface area contributed by atoms with Crippen LogP contribution in [0.15, 0.2) is 24.3 Å². The molecule has 5 heteroatoms. The number of aromatic nitrogens is 2. The molecule has 0 spiro atoms. The van der Waals surface area contributed by atoms with Gasteiger partial charge in [-0.15, -0.1) is 0 Å². The Hall–Kier alpha value is -1.88. The highest BCUT2D eigenvalue weighted by atomic mass is 16.5. The molecule has 0 amide bonds. The molecule has 0 unspecified atom stereocenters. The molecule has 0 saturated heterocycles. The zero-order chi connectivity index (χ0) is 15.2. The Bertz CT molecular complexity index is 605. The minimum absolute atomic E-state index is 0.221. The summed E-state index contributed by atoms with van der Waals surface area (Å²) in [5.41, 5.74) is 1.88. The summed E-state index contributed by atoms with van der Waals surface area (Å²) in [5.74, 6) is -0.221. The lowest BCUT2D eigenvalue weighted by Gasteiger charge is -2.09. The summed E-state index contributed by atoms with van der Waals surface area (Å²) in [6.07, 6.45) is 1.26. The van der Waals surface area contributed by atoms with Crippen molar-refractivity contribution in [1.82, 2.24) is 14.7 Å². The van der Waals surface area contributed by atoms with E-state index >= 15 is 0 Å². The van der Waals surface area contributed by atoms with E-state index in [9.17, 15) is 4.79 Å². The number of rotatable bonds is 7. The van der Waals surface area contributed by atoms with E-state index in [1.807, 2.05) is 35.9 Å². The molecule has 0 aliphatic heterocycles. The summed E-state index contributed by atoms with van der Waals surface area (Å²) in [5, 5.41) is 5.64. The van der Waals surface area contributed by atoms with Crippen LogP contribution in [0.5, 0.6) is 0 Å². The summed E-state index contributed by atoms with van der Waals surface area (Å²) < 4.78 is 7.02. The number of fused-ring (bicyclic) bond motifs is 1. The van der Waals surface area contributed by atoms with Gasteiger partial charge in [0.15, 0.2) is 0 Å². The Balaban J connectivity index is 2.19. The van der Waals surface area contributed by atoms with Crippen molar-refractivity contribution >= 4 is 16.9 Å². The van der Waals surface area contributed by atoms with Crippen LogP contribution in [-0.4, -0.2) is 47.9 Å². The van der Waals surface area contributed by atoms with Crippen molar-refractivity contribution in [3.63, 3.8) is 0 Å². The number of hydrogen-bond donors (Lipinski definition) is 0. The first-order valence-corrected chi connectivity index (χ1v) is 7.36. The number of carbonyl (C=O) groups excluding carboxylic acids is 1. The van der Waals surface area contributed by atoms with E-state index in [1.54, 1.807) is 0 Å². The van der Waals surface area contributed by atoms with E-state index in [0.29, 0.717) is 6.61 Å². The fraction of sp³-hybridized carbons (Fsp3) is 0.500. The monoisotopic (exact) mass is 289 g/mol. The summed E-state index contributed by atoms with van der Waals surface area (Å²) in [7, 11) is 4.13. The third kappa shape index (κ3) is 4.04. The van der Waals surface area contributed by atoms with Crippen molar-refractivity contribution in [3.8, 4) is 0 Å². The first-order chi connectivity index (χ1) is 10.1. The maximum absolute atomic E-state index is 11.7. The van der Waals surface area contributed by atoms with E-state index in [2.05, 4.69) is 24.1 Å². The molecule has 2 rings (SSSR count). The van der Waals surface area contributed by atoms with Crippen LogP contribution in [0.4, 0.5) is 0 Å². The number of hydrogen-bond acceptors (Lipinski definition) is 4. The zero-order valence-electron chi connectivity index (χ0n) is 13.0. The molecule has 1 heterocycles. The first kappa shape index (κ1) is 15.5. The van der Waals surface area contributed by atoms with E-state index in [-0.39, 0.29) is 12.4 Å². The lowest BCUT2D eigenvalue weighted by atomic mass is 10.2. The second kappa shape index (κ2) is 7.22. The van der Waals surface area contributed by atoms with Gasteiger partial charge in [-0.2, -0.15) is 5.10 Å². The lowest BCUT2D eigenvalue weighted by Crippen LogP contribution is -2.15. The number of para-hydroxylation sites is 1. The number of benzene rings is 1. The van der Waals surface area contributed by atoms with E-state index < -0.39 is 0 Å². The molecule has 0 radical (unpaired) electrons. The molecular formula is C16H23N3O2. The van der Waals surface area contributed by atoms with Gasteiger partial charge in [-0.1, -0.05) is 18.2 Å². The van der Waals surface area contributed by atoms with Crippen molar-refractivity contribution in [1.29, 1.82) is 0 Å². The molecule has 0 aliphatic rings. The number of ether oxygens (including phenoxy) is 1. The van der Waals surface area contributed by atoms with Gasteiger partial charge >= 0.3 is 5.97 Å². The van der Waals surface area contributed by atoms with Gasteiger partial charge in [0.2, 0.25) is 0 Å². The van der Waals surface area contributed by atoms with Gasteiger partial charge in [0.1, 0.15) is 0 Å².